The van der Waals surface area contributed by atoms with Crippen molar-refractivity contribution >= 4 is 5.97 Å². The van der Waals surface area contributed by atoms with Crippen molar-refractivity contribution in [3.05, 3.63) is 35.6 Å². The summed E-state index contributed by atoms with van der Waals surface area (Å²) in [5.41, 5.74) is -0.759. The van der Waals surface area contributed by atoms with Crippen molar-refractivity contribution in [3.63, 3.8) is 0 Å². The largest absolute Gasteiger partial charge is 0.481 e. The van der Waals surface area contributed by atoms with Gasteiger partial charge in [0, 0.05) is 5.56 Å². The lowest BCUT2D eigenvalue weighted by molar-refractivity contribution is -0.144. The zero-order valence-corrected chi connectivity index (χ0v) is 9.58. The molecule has 0 aliphatic carbocycles. The highest BCUT2D eigenvalue weighted by atomic mass is 19.1. The fraction of sp³-hybridized carbons (Fsp3) is 0.462. The molecule has 1 unspecified atom stereocenters. The Balaban J connectivity index is 2.46. The normalized spacial score (nSPS) is 25.2. The fourth-order valence-electron chi connectivity index (χ4n) is 2.51. The van der Waals surface area contributed by atoms with Crippen molar-refractivity contribution in [2.45, 2.75) is 24.7 Å². The van der Waals surface area contributed by atoms with E-state index in [1.165, 1.54) is 6.07 Å². The van der Waals surface area contributed by atoms with Crippen LogP contribution in [0.3, 0.4) is 0 Å². The predicted octanol–water partition coefficient (Wildman–Crippen LogP) is 1.92. The van der Waals surface area contributed by atoms with Crippen molar-refractivity contribution < 1.29 is 14.3 Å². The first-order chi connectivity index (χ1) is 8.17. The van der Waals surface area contributed by atoms with E-state index in [4.69, 9.17) is 0 Å². The summed E-state index contributed by atoms with van der Waals surface area (Å²) in [6, 6.07) is 6.21. The van der Waals surface area contributed by atoms with Gasteiger partial charge in [-0.1, -0.05) is 18.2 Å². The van der Waals surface area contributed by atoms with Gasteiger partial charge in [-0.15, -0.1) is 0 Å². The Morgan fingerprint density at radius 2 is 2.06 bits per heavy atom. The molecule has 1 fully saturated rings. The van der Waals surface area contributed by atoms with E-state index >= 15 is 0 Å². The minimum atomic E-state index is -1.07. The van der Waals surface area contributed by atoms with Crippen LogP contribution in [0.5, 0.6) is 0 Å². The summed E-state index contributed by atoms with van der Waals surface area (Å²) in [4.78, 5) is 11.6. The first kappa shape index (κ1) is 12.0. The highest BCUT2D eigenvalue weighted by Crippen LogP contribution is 2.35. The average molecular weight is 237 g/mol. The summed E-state index contributed by atoms with van der Waals surface area (Å²) in [5, 5.41) is 12.7. The molecule has 0 bridgehead atoms. The van der Waals surface area contributed by atoms with Gasteiger partial charge in [-0.05, 0) is 38.4 Å². The number of aliphatic carboxylic acids is 1. The molecule has 1 atom stereocenters. The molecule has 0 spiro atoms. The molecule has 2 rings (SSSR count). The Morgan fingerprint density at radius 3 is 2.76 bits per heavy atom. The van der Waals surface area contributed by atoms with E-state index < -0.39 is 17.2 Å². The second kappa shape index (κ2) is 4.84. The molecule has 2 N–H and O–H groups in total. The summed E-state index contributed by atoms with van der Waals surface area (Å²) >= 11 is 0. The Bertz CT molecular complexity index is 412. The first-order valence-electron chi connectivity index (χ1n) is 5.86. The van der Waals surface area contributed by atoms with Crippen LogP contribution in [0.15, 0.2) is 24.3 Å². The molecular weight excluding hydrogens is 221 g/mol. The molecular formula is C13H16FNO2. The maximum absolute atomic E-state index is 13.8. The van der Waals surface area contributed by atoms with Crippen molar-refractivity contribution in [3.8, 4) is 0 Å². The second-order valence-electron chi connectivity index (χ2n) is 4.47. The van der Waals surface area contributed by atoms with Gasteiger partial charge in [0.2, 0.25) is 0 Å². The molecule has 0 radical (unpaired) electrons. The summed E-state index contributed by atoms with van der Waals surface area (Å²) in [6.07, 6.45) is 1.67. The van der Waals surface area contributed by atoms with E-state index in [0.29, 0.717) is 24.9 Å². The molecule has 92 valence electrons. The molecule has 1 heterocycles. The number of halogens is 1. The molecule has 1 aromatic carbocycles. The Labute approximate surface area is 99.7 Å². The lowest BCUT2D eigenvalue weighted by atomic mass is 9.74. The zero-order chi connectivity index (χ0) is 12.3. The van der Waals surface area contributed by atoms with E-state index in [9.17, 15) is 14.3 Å². The van der Waals surface area contributed by atoms with E-state index in [1.54, 1.807) is 18.2 Å². The molecule has 0 saturated carbocycles. The van der Waals surface area contributed by atoms with Crippen molar-refractivity contribution in [1.29, 1.82) is 0 Å². The van der Waals surface area contributed by atoms with Gasteiger partial charge in [-0.25, -0.2) is 4.39 Å². The number of carboxylic acid groups (broad SMARTS) is 1. The molecule has 0 aromatic heterocycles. The van der Waals surface area contributed by atoms with Gasteiger partial charge in [-0.3, -0.25) is 4.79 Å². The van der Waals surface area contributed by atoms with E-state index in [-0.39, 0.29) is 0 Å². The predicted molar refractivity (Wildman–Crippen MR) is 62.4 cm³/mol. The lowest BCUT2D eigenvalue weighted by Gasteiger charge is -2.28. The molecule has 1 aliphatic rings. The number of nitrogens with one attached hydrogen (secondary N) is 1. The van der Waals surface area contributed by atoms with E-state index in [2.05, 4.69) is 5.32 Å². The highest BCUT2D eigenvalue weighted by molar-refractivity contribution is 5.81. The number of rotatable bonds is 2. The van der Waals surface area contributed by atoms with Gasteiger partial charge in [0.15, 0.2) is 0 Å². The smallest absolute Gasteiger partial charge is 0.314 e. The molecule has 17 heavy (non-hydrogen) atoms. The monoisotopic (exact) mass is 237 g/mol. The maximum Gasteiger partial charge on any atom is 0.314 e. The molecule has 1 aromatic rings. The lowest BCUT2D eigenvalue weighted by Crippen LogP contribution is -2.37. The maximum atomic E-state index is 13.8. The van der Waals surface area contributed by atoms with Crippen LogP contribution in [0.2, 0.25) is 0 Å². The SMILES string of the molecule is O=C(O)C1(c2ccccc2F)CCCNCC1. The van der Waals surface area contributed by atoms with Crippen molar-refractivity contribution in [1.82, 2.24) is 5.32 Å². The van der Waals surface area contributed by atoms with Crippen LogP contribution < -0.4 is 5.32 Å². The zero-order valence-electron chi connectivity index (χ0n) is 9.58. The summed E-state index contributed by atoms with van der Waals surface area (Å²) in [5.74, 6) is -1.34. The second-order valence-corrected chi connectivity index (χ2v) is 4.47. The van der Waals surface area contributed by atoms with Gasteiger partial charge in [0.05, 0.1) is 5.41 Å². The van der Waals surface area contributed by atoms with E-state index in [0.717, 1.165) is 13.0 Å². The van der Waals surface area contributed by atoms with Crippen LogP contribution in [-0.4, -0.2) is 24.2 Å². The third-order valence-electron chi connectivity index (χ3n) is 3.48. The van der Waals surface area contributed by atoms with Gasteiger partial charge < -0.3 is 10.4 Å². The van der Waals surface area contributed by atoms with Gasteiger partial charge in [0.25, 0.3) is 0 Å². The van der Waals surface area contributed by atoms with Gasteiger partial charge in [0.1, 0.15) is 5.82 Å². The summed E-state index contributed by atoms with van der Waals surface area (Å²) in [6.45, 7) is 1.41. The van der Waals surface area contributed by atoms with Crippen LogP contribution in [0, 0.1) is 5.82 Å². The van der Waals surface area contributed by atoms with Crippen molar-refractivity contribution in [2.75, 3.05) is 13.1 Å². The molecule has 1 saturated heterocycles. The molecule has 1 aliphatic heterocycles. The summed E-state index contributed by atoms with van der Waals surface area (Å²) < 4.78 is 13.8. The van der Waals surface area contributed by atoms with Gasteiger partial charge >= 0.3 is 5.97 Å². The molecule has 4 heteroatoms. The Kier molecular flexibility index (Phi) is 3.43. The van der Waals surface area contributed by atoms with Crippen LogP contribution in [0.1, 0.15) is 24.8 Å². The minimum absolute atomic E-state index is 0.316. The Hall–Kier alpha value is -1.42. The Morgan fingerprint density at radius 1 is 1.29 bits per heavy atom. The number of hydrogen-bond donors (Lipinski definition) is 2. The molecule has 0 amide bonds. The fourth-order valence-corrected chi connectivity index (χ4v) is 2.51. The number of benzene rings is 1. The number of carboxylic acids is 1. The first-order valence-corrected chi connectivity index (χ1v) is 5.86. The third-order valence-corrected chi connectivity index (χ3v) is 3.48. The number of hydrogen-bond acceptors (Lipinski definition) is 2. The standard InChI is InChI=1S/C13H16FNO2/c14-11-5-2-1-4-10(11)13(12(16)17)6-3-8-15-9-7-13/h1-2,4-5,15H,3,6-9H2,(H,16,17). The van der Waals surface area contributed by atoms with Gasteiger partial charge in [-0.2, -0.15) is 0 Å². The van der Waals surface area contributed by atoms with Crippen LogP contribution in [-0.2, 0) is 10.2 Å². The molecule has 3 nitrogen and oxygen atoms in total. The quantitative estimate of drug-likeness (QED) is 0.826. The average Bonchev–Trinajstić information content (AvgIpc) is 2.56. The minimum Gasteiger partial charge on any atom is -0.481 e. The van der Waals surface area contributed by atoms with Crippen molar-refractivity contribution in [2.24, 2.45) is 0 Å². The number of carbonyl (C=O) groups is 1. The highest BCUT2D eigenvalue weighted by Gasteiger charge is 2.42. The topological polar surface area (TPSA) is 49.3 Å². The van der Waals surface area contributed by atoms with E-state index in [1.807, 2.05) is 0 Å². The van der Waals surface area contributed by atoms with Crippen LogP contribution >= 0.6 is 0 Å². The van der Waals surface area contributed by atoms with Crippen LogP contribution in [0.4, 0.5) is 4.39 Å². The van der Waals surface area contributed by atoms with Crippen LogP contribution in [0.25, 0.3) is 0 Å². The third kappa shape index (κ3) is 2.17. The summed E-state index contributed by atoms with van der Waals surface area (Å²) in [7, 11) is 0.